The summed E-state index contributed by atoms with van der Waals surface area (Å²) in [4.78, 5) is 33.3. The van der Waals surface area contributed by atoms with Crippen LogP contribution in [0, 0.1) is 0 Å². The number of aromatic amines is 1. The van der Waals surface area contributed by atoms with E-state index in [4.69, 9.17) is 9.72 Å². The summed E-state index contributed by atoms with van der Waals surface area (Å²) >= 11 is 1.66. The Kier molecular flexibility index (Phi) is 6.78. The van der Waals surface area contributed by atoms with Crippen LogP contribution in [0.15, 0.2) is 28.4 Å². The zero-order valence-electron chi connectivity index (χ0n) is 16.8. The van der Waals surface area contributed by atoms with E-state index >= 15 is 0 Å². The Balaban J connectivity index is 1.35. The molecule has 0 amide bonds. The van der Waals surface area contributed by atoms with Gasteiger partial charge in [-0.1, -0.05) is 18.7 Å². The second kappa shape index (κ2) is 9.69. The fourth-order valence-electron chi connectivity index (χ4n) is 3.87. The molecule has 1 N–H and O–H groups in total. The molecule has 4 heterocycles. The molecule has 156 valence electrons. The number of thioether (sulfide) groups is 1. The zero-order valence-corrected chi connectivity index (χ0v) is 17.7. The van der Waals surface area contributed by atoms with Gasteiger partial charge in [-0.25, -0.2) is 15.0 Å². The van der Waals surface area contributed by atoms with Crippen LogP contribution in [0.25, 0.3) is 0 Å². The van der Waals surface area contributed by atoms with Gasteiger partial charge < -0.3 is 9.64 Å². The quantitative estimate of drug-likeness (QED) is 0.564. The SMILES string of the molecule is CCSc1ncc(CN2CCC(c3cc(=O)[nH]c(N4CCOCC4)n3)CC2)cn1. The second-order valence-electron chi connectivity index (χ2n) is 7.45. The van der Waals surface area contributed by atoms with Gasteiger partial charge in [0.1, 0.15) is 0 Å². The summed E-state index contributed by atoms with van der Waals surface area (Å²) in [5.74, 6) is 1.99. The minimum atomic E-state index is -0.0684. The molecule has 2 aromatic rings. The standard InChI is InChI=1S/C20H28N6O2S/c1-2-29-20-21-12-15(13-22-20)14-25-5-3-16(4-6-25)17-11-18(27)24-19(23-17)26-7-9-28-10-8-26/h11-13,16H,2-10,14H2,1H3,(H,23,24,27). The van der Waals surface area contributed by atoms with E-state index in [-0.39, 0.29) is 5.56 Å². The van der Waals surface area contributed by atoms with E-state index < -0.39 is 0 Å². The summed E-state index contributed by atoms with van der Waals surface area (Å²) in [5, 5.41) is 0.839. The Labute approximate surface area is 175 Å². The first-order valence-corrected chi connectivity index (χ1v) is 11.3. The average molecular weight is 417 g/mol. The Morgan fingerprint density at radius 1 is 1.17 bits per heavy atom. The van der Waals surface area contributed by atoms with Gasteiger partial charge in [0.05, 0.1) is 18.9 Å². The number of H-pyrrole nitrogens is 1. The fourth-order valence-corrected chi connectivity index (χ4v) is 4.38. The van der Waals surface area contributed by atoms with E-state index in [1.165, 1.54) is 0 Å². The Bertz CT molecular complexity index is 845. The van der Waals surface area contributed by atoms with Gasteiger partial charge in [-0.15, -0.1) is 0 Å². The number of hydrogen-bond donors (Lipinski definition) is 1. The molecule has 0 aliphatic carbocycles. The molecular formula is C20H28N6O2S. The molecule has 2 saturated heterocycles. The third-order valence-electron chi connectivity index (χ3n) is 5.43. The summed E-state index contributed by atoms with van der Waals surface area (Å²) in [6, 6.07) is 1.67. The molecule has 0 bridgehead atoms. The lowest BCUT2D eigenvalue weighted by Gasteiger charge is -2.32. The third kappa shape index (κ3) is 5.34. The summed E-state index contributed by atoms with van der Waals surface area (Å²) in [6.45, 7) is 7.82. The number of hydrogen-bond acceptors (Lipinski definition) is 8. The van der Waals surface area contributed by atoms with E-state index in [0.29, 0.717) is 25.1 Å². The van der Waals surface area contributed by atoms with Crippen molar-refractivity contribution in [2.75, 3.05) is 50.0 Å². The fraction of sp³-hybridized carbons (Fsp3) is 0.600. The number of morpholine rings is 1. The molecule has 0 unspecified atom stereocenters. The van der Waals surface area contributed by atoms with Crippen LogP contribution in [0.2, 0.25) is 0 Å². The third-order valence-corrected chi connectivity index (χ3v) is 6.18. The number of anilines is 1. The summed E-state index contributed by atoms with van der Waals surface area (Å²) < 4.78 is 5.40. The van der Waals surface area contributed by atoms with Gasteiger partial charge in [0.2, 0.25) is 5.95 Å². The van der Waals surface area contributed by atoms with Crippen LogP contribution in [0.4, 0.5) is 5.95 Å². The molecule has 2 aromatic heterocycles. The van der Waals surface area contributed by atoms with Gasteiger partial charge in [-0.3, -0.25) is 14.7 Å². The minimum Gasteiger partial charge on any atom is -0.378 e. The van der Waals surface area contributed by atoms with Crippen molar-refractivity contribution < 1.29 is 4.74 Å². The first-order valence-electron chi connectivity index (χ1n) is 10.3. The first-order chi connectivity index (χ1) is 14.2. The van der Waals surface area contributed by atoms with Gasteiger partial charge in [-0.05, 0) is 31.7 Å². The molecule has 0 atom stereocenters. The number of ether oxygens (including phenoxy) is 1. The summed E-state index contributed by atoms with van der Waals surface area (Å²) in [6.07, 6.45) is 5.88. The van der Waals surface area contributed by atoms with Crippen LogP contribution in [0.3, 0.4) is 0 Å². The van der Waals surface area contributed by atoms with Crippen molar-refractivity contribution in [3.8, 4) is 0 Å². The predicted octanol–water partition coefficient (Wildman–Crippen LogP) is 1.89. The number of aromatic nitrogens is 4. The number of nitrogens with one attached hydrogen (secondary N) is 1. The largest absolute Gasteiger partial charge is 0.378 e. The number of likely N-dealkylation sites (tertiary alicyclic amines) is 1. The lowest BCUT2D eigenvalue weighted by molar-refractivity contribution is 0.122. The van der Waals surface area contributed by atoms with Crippen LogP contribution in [-0.2, 0) is 11.3 Å². The van der Waals surface area contributed by atoms with Crippen LogP contribution in [-0.4, -0.2) is 70.0 Å². The number of nitrogens with zero attached hydrogens (tertiary/aromatic N) is 5. The molecule has 8 nitrogen and oxygen atoms in total. The van der Waals surface area contributed by atoms with Crippen LogP contribution < -0.4 is 10.5 Å². The van der Waals surface area contributed by atoms with Crippen molar-refractivity contribution in [2.24, 2.45) is 0 Å². The van der Waals surface area contributed by atoms with Crippen molar-refractivity contribution in [3.63, 3.8) is 0 Å². The first kappa shape index (κ1) is 20.3. The lowest BCUT2D eigenvalue weighted by Crippen LogP contribution is -2.39. The molecule has 0 saturated carbocycles. The van der Waals surface area contributed by atoms with Crippen molar-refractivity contribution in [2.45, 2.75) is 37.4 Å². The van der Waals surface area contributed by atoms with Gasteiger partial charge in [-0.2, -0.15) is 0 Å². The van der Waals surface area contributed by atoms with E-state index in [1.807, 2.05) is 12.4 Å². The van der Waals surface area contributed by atoms with Gasteiger partial charge >= 0.3 is 0 Å². The Morgan fingerprint density at radius 3 is 2.59 bits per heavy atom. The van der Waals surface area contributed by atoms with Crippen molar-refractivity contribution in [1.29, 1.82) is 0 Å². The van der Waals surface area contributed by atoms with E-state index in [1.54, 1.807) is 17.8 Å². The molecule has 9 heteroatoms. The van der Waals surface area contributed by atoms with Gasteiger partial charge in [0, 0.05) is 49.6 Å². The molecule has 0 spiro atoms. The Morgan fingerprint density at radius 2 is 1.90 bits per heavy atom. The van der Waals surface area contributed by atoms with Crippen LogP contribution in [0.1, 0.15) is 36.9 Å². The number of rotatable bonds is 6. The van der Waals surface area contributed by atoms with E-state index in [2.05, 4.69) is 31.7 Å². The zero-order chi connectivity index (χ0) is 20.1. The predicted molar refractivity (Wildman–Crippen MR) is 114 cm³/mol. The maximum absolute atomic E-state index is 12.2. The topological polar surface area (TPSA) is 87.2 Å². The van der Waals surface area contributed by atoms with Crippen molar-refractivity contribution in [3.05, 3.63) is 40.1 Å². The molecule has 4 rings (SSSR count). The maximum Gasteiger partial charge on any atom is 0.252 e. The monoisotopic (exact) mass is 416 g/mol. The molecule has 2 aliphatic rings. The molecule has 0 aromatic carbocycles. The molecule has 29 heavy (non-hydrogen) atoms. The van der Waals surface area contributed by atoms with E-state index in [0.717, 1.165) is 67.7 Å². The molecule has 2 fully saturated rings. The lowest BCUT2D eigenvalue weighted by atomic mass is 9.93. The molecule has 2 aliphatic heterocycles. The molecule has 0 radical (unpaired) electrons. The highest BCUT2D eigenvalue weighted by atomic mass is 32.2. The smallest absolute Gasteiger partial charge is 0.252 e. The average Bonchev–Trinajstić information content (AvgIpc) is 2.76. The van der Waals surface area contributed by atoms with Crippen LogP contribution >= 0.6 is 11.8 Å². The second-order valence-corrected chi connectivity index (χ2v) is 8.68. The van der Waals surface area contributed by atoms with Gasteiger partial charge in [0.15, 0.2) is 5.16 Å². The Hall–Kier alpha value is -1.97. The minimum absolute atomic E-state index is 0.0684. The van der Waals surface area contributed by atoms with Crippen molar-refractivity contribution in [1.82, 2.24) is 24.8 Å². The van der Waals surface area contributed by atoms with Crippen LogP contribution in [0.5, 0.6) is 0 Å². The molecular weight excluding hydrogens is 388 g/mol. The highest BCUT2D eigenvalue weighted by Gasteiger charge is 2.24. The maximum atomic E-state index is 12.2. The summed E-state index contributed by atoms with van der Waals surface area (Å²) in [7, 11) is 0. The summed E-state index contributed by atoms with van der Waals surface area (Å²) in [5.41, 5.74) is 1.99. The normalized spacial score (nSPS) is 18.9. The number of piperidine rings is 1. The van der Waals surface area contributed by atoms with Gasteiger partial charge in [0.25, 0.3) is 5.56 Å². The highest BCUT2D eigenvalue weighted by molar-refractivity contribution is 7.99. The van der Waals surface area contributed by atoms with Crippen molar-refractivity contribution >= 4 is 17.7 Å². The van der Waals surface area contributed by atoms with E-state index in [9.17, 15) is 4.79 Å². The highest BCUT2D eigenvalue weighted by Crippen LogP contribution is 2.27.